The van der Waals surface area contributed by atoms with E-state index in [9.17, 15) is 4.79 Å². The third kappa shape index (κ3) is 4.55. The Morgan fingerprint density at radius 3 is 2.25 bits per heavy atom. The monoisotopic (exact) mass is 274 g/mol. The zero-order valence-electron chi connectivity index (χ0n) is 12.9. The molecule has 0 aromatic heterocycles. The van der Waals surface area contributed by atoms with Crippen molar-refractivity contribution in [3.63, 3.8) is 0 Å². The van der Waals surface area contributed by atoms with Crippen LogP contribution in [0.5, 0.6) is 0 Å². The van der Waals surface area contributed by atoms with Crippen LogP contribution in [0.3, 0.4) is 0 Å². The summed E-state index contributed by atoms with van der Waals surface area (Å²) in [6.07, 6.45) is 4.38. The van der Waals surface area contributed by atoms with Crippen LogP contribution in [0.15, 0.2) is 24.3 Å². The summed E-state index contributed by atoms with van der Waals surface area (Å²) in [5.41, 5.74) is 2.20. The number of hydrogen-bond donors (Lipinski definition) is 1. The van der Waals surface area contributed by atoms with Crippen molar-refractivity contribution in [3.05, 3.63) is 29.8 Å². The highest BCUT2D eigenvalue weighted by atomic mass is 16.1. The van der Waals surface area contributed by atoms with Gasteiger partial charge in [0, 0.05) is 24.3 Å². The highest BCUT2D eigenvalue weighted by molar-refractivity contribution is 5.79. The van der Waals surface area contributed by atoms with Crippen LogP contribution >= 0.6 is 0 Å². The molecular weight excluding hydrogens is 248 g/mol. The van der Waals surface area contributed by atoms with E-state index < -0.39 is 0 Å². The predicted octanol–water partition coefficient (Wildman–Crippen LogP) is 3.13. The molecule has 3 heteroatoms. The lowest BCUT2D eigenvalue weighted by Crippen LogP contribution is -2.41. The first-order valence-electron chi connectivity index (χ1n) is 7.59. The molecule has 0 saturated carbocycles. The number of hydrogen-bond acceptors (Lipinski definition) is 2. The van der Waals surface area contributed by atoms with Gasteiger partial charge in [0.15, 0.2) is 0 Å². The van der Waals surface area contributed by atoms with E-state index in [2.05, 4.69) is 34.5 Å². The summed E-state index contributed by atoms with van der Waals surface area (Å²) in [6, 6.07) is 8.44. The summed E-state index contributed by atoms with van der Waals surface area (Å²) in [5, 5.41) is 3.00. The Morgan fingerprint density at radius 1 is 1.10 bits per heavy atom. The van der Waals surface area contributed by atoms with Crippen LogP contribution in [0.1, 0.15) is 45.6 Å². The first-order chi connectivity index (χ1) is 9.44. The minimum absolute atomic E-state index is 0.0863. The average Bonchev–Trinajstić information content (AvgIpc) is 2.38. The Labute approximate surface area is 122 Å². The first-order valence-corrected chi connectivity index (χ1v) is 7.59. The number of carbonyl (C=O) groups excluding carboxylic acids is 1. The zero-order valence-corrected chi connectivity index (χ0v) is 12.9. The lowest BCUT2D eigenvalue weighted by Gasteiger charge is -2.28. The Kier molecular flexibility index (Phi) is 4.69. The summed E-state index contributed by atoms with van der Waals surface area (Å²) in [7, 11) is 0. The van der Waals surface area contributed by atoms with Crippen molar-refractivity contribution in [1.29, 1.82) is 0 Å². The maximum Gasteiger partial charge on any atom is 0.224 e. The van der Waals surface area contributed by atoms with Gasteiger partial charge in [-0.15, -0.1) is 0 Å². The van der Waals surface area contributed by atoms with Crippen molar-refractivity contribution >= 4 is 11.6 Å². The average molecular weight is 274 g/mol. The molecule has 0 radical (unpaired) electrons. The second kappa shape index (κ2) is 6.29. The molecule has 3 nitrogen and oxygen atoms in total. The first kappa shape index (κ1) is 14.9. The number of nitrogens with zero attached hydrogens (tertiary/aromatic N) is 1. The van der Waals surface area contributed by atoms with Gasteiger partial charge in [-0.3, -0.25) is 4.79 Å². The van der Waals surface area contributed by atoms with Crippen LogP contribution in [-0.4, -0.2) is 24.5 Å². The molecule has 1 aliphatic heterocycles. The standard InChI is InChI=1S/C17H26N2O/c1-17(2,3)18-16(20)13-14-7-9-15(10-8-14)19-11-5-4-6-12-19/h7-10H,4-6,11-13H2,1-3H3,(H,18,20). The molecule has 0 bridgehead atoms. The number of piperidine rings is 1. The van der Waals surface area contributed by atoms with Gasteiger partial charge >= 0.3 is 0 Å². The van der Waals surface area contributed by atoms with Crippen molar-refractivity contribution in [2.45, 2.75) is 52.0 Å². The summed E-state index contributed by atoms with van der Waals surface area (Å²) >= 11 is 0. The molecule has 20 heavy (non-hydrogen) atoms. The largest absolute Gasteiger partial charge is 0.372 e. The molecule has 0 aliphatic carbocycles. The van der Waals surface area contributed by atoms with Crippen molar-refractivity contribution in [2.75, 3.05) is 18.0 Å². The van der Waals surface area contributed by atoms with E-state index in [0.29, 0.717) is 6.42 Å². The maximum atomic E-state index is 11.9. The van der Waals surface area contributed by atoms with E-state index >= 15 is 0 Å². The Hall–Kier alpha value is -1.51. The summed E-state index contributed by atoms with van der Waals surface area (Å²) in [6.45, 7) is 8.33. The summed E-state index contributed by atoms with van der Waals surface area (Å²) in [4.78, 5) is 14.3. The van der Waals surface area contributed by atoms with E-state index in [1.807, 2.05) is 20.8 Å². The van der Waals surface area contributed by atoms with E-state index in [0.717, 1.165) is 18.7 Å². The molecule has 1 fully saturated rings. The number of nitrogens with one attached hydrogen (secondary N) is 1. The van der Waals surface area contributed by atoms with Crippen molar-refractivity contribution < 1.29 is 4.79 Å². The van der Waals surface area contributed by atoms with Gasteiger partial charge in [-0.25, -0.2) is 0 Å². The van der Waals surface area contributed by atoms with Gasteiger partial charge < -0.3 is 10.2 Å². The number of carbonyl (C=O) groups is 1. The molecule has 0 spiro atoms. The zero-order chi connectivity index (χ0) is 14.6. The maximum absolute atomic E-state index is 11.9. The van der Waals surface area contributed by atoms with Crippen LogP contribution in [0.2, 0.25) is 0 Å². The third-order valence-corrected chi connectivity index (χ3v) is 3.54. The summed E-state index contributed by atoms with van der Waals surface area (Å²) < 4.78 is 0. The molecule has 1 aliphatic rings. The number of amides is 1. The van der Waals surface area contributed by atoms with Gasteiger partial charge in [-0.2, -0.15) is 0 Å². The fraction of sp³-hybridized carbons (Fsp3) is 0.588. The Balaban J connectivity index is 1.92. The Bertz CT molecular complexity index is 439. The van der Waals surface area contributed by atoms with Gasteiger partial charge in [-0.05, 0) is 57.7 Å². The van der Waals surface area contributed by atoms with Gasteiger partial charge in [-0.1, -0.05) is 12.1 Å². The Morgan fingerprint density at radius 2 is 1.70 bits per heavy atom. The molecule has 1 heterocycles. The fourth-order valence-corrected chi connectivity index (χ4v) is 2.62. The molecular formula is C17H26N2O. The molecule has 1 aromatic carbocycles. The van der Waals surface area contributed by atoms with E-state index in [4.69, 9.17) is 0 Å². The van der Waals surface area contributed by atoms with Crippen molar-refractivity contribution in [2.24, 2.45) is 0 Å². The second-order valence-electron chi connectivity index (χ2n) is 6.69. The third-order valence-electron chi connectivity index (χ3n) is 3.54. The van der Waals surface area contributed by atoms with E-state index in [1.54, 1.807) is 0 Å². The van der Waals surface area contributed by atoms with E-state index in [1.165, 1.54) is 24.9 Å². The van der Waals surface area contributed by atoms with Crippen molar-refractivity contribution in [1.82, 2.24) is 5.32 Å². The number of benzene rings is 1. The molecule has 110 valence electrons. The lowest BCUT2D eigenvalue weighted by atomic mass is 10.1. The summed E-state index contributed by atoms with van der Waals surface area (Å²) in [5.74, 6) is 0.0863. The van der Waals surface area contributed by atoms with Gasteiger partial charge in [0.05, 0.1) is 6.42 Å². The van der Waals surface area contributed by atoms with Gasteiger partial charge in [0.25, 0.3) is 0 Å². The van der Waals surface area contributed by atoms with Crippen LogP contribution in [0.25, 0.3) is 0 Å². The van der Waals surface area contributed by atoms with Crippen LogP contribution in [-0.2, 0) is 11.2 Å². The minimum Gasteiger partial charge on any atom is -0.372 e. The SMILES string of the molecule is CC(C)(C)NC(=O)Cc1ccc(N2CCCCC2)cc1. The van der Waals surface area contributed by atoms with Crippen molar-refractivity contribution in [3.8, 4) is 0 Å². The highest BCUT2D eigenvalue weighted by Crippen LogP contribution is 2.20. The van der Waals surface area contributed by atoms with Crippen LogP contribution < -0.4 is 10.2 Å². The van der Waals surface area contributed by atoms with E-state index in [-0.39, 0.29) is 11.4 Å². The van der Waals surface area contributed by atoms with Crippen LogP contribution in [0.4, 0.5) is 5.69 Å². The lowest BCUT2D eigenvalue weighted by molar-refractivity contribution is -0.121. The molecule has 0 atom stereocenters. The smallest absolute Gasteiger partial charge is 0.224 e. The minimum atomic E-state index is -0.162. The molecule has 1 amide bonds. The second-order valence-corrected chi connectivity index (χ2v) is 6.69. The normalized spacial score (nSPS) is 16.1. The molecule has 1 aromatic rings. The fourth-order valence-electron chi connectivity index (χ4n) is 2.62. The molecule has 1 N–H and O–H groups in total. The predicted molar refractivity (Wildman–Crippen MR) is 84.1 cm³/mol. The highest BCUT2D eigenvalue weighted by Gasteiger charge is 2.14. The van der Waals surface area contributed by atoms with Crippen LogP contribution in [0, 0.1) is 0 Å². The quantitative estimate of drug-likeness (QED) is 0.918. The van der Waals surface area contributed by atoms with Gasteiger partial charge in [0.1, 0.15) is 0 Å². The topological polar surface area (TPSA) is 32.3 Å². The molecule has 0 unspecified atom stereocenters. The van der Waals surface area contributed by atoms with Gasteiger partial charge in [0.2, 0.25) is 5.91 Å². The number of rotatable bonds is 3. The molecule has 2 rings (SSSR count). The number of anilines is 1. The molecule has 1 saturated heterocycles.